The zero-order valence-electron chi connectivity index (χ0n) is 22.0. The summed E-state index contributed by atoms with van der Waals surface area (Å²) >= 11 is 0. The highest BCUT2D eigenvalue weighted by molar-refractivity contribution is 5.94. The van der Waals surface area contributed by atoms with Crippen LogP contribution in [0.3, 0.4) is 0 Å². The van der Waals surface area contributed by atoms with E-state index in [0.29, 0.717) is 42.5 Å². The van der Waals surface area contributed by atoms with Crippen molar-refractivity contribution in [1.82, 2.24) is 30.0 Å². The van der Waals surface area contributed by atoms with Crippen LogP contribution in [-0.4, -0.2) is 42.4 Å². The molecule has 4 aromatic rings. The van der Waals surface area contributed by atoms with Crippen molar-refractivity contribution >= 4 is 5.91 Å². The number of halogens is 1. The molecule has 0 aliphatic carbocycles. The molecule has 1 amide bonds. The number of piperidine rings is 1. The monoisotopic (exact) mass is 522 g/mol. The van der Waals surface area contributed by atoms with Gasteiger partial charge in [0.25, 0.3) is 11.8 Å². The number of ether oxygens (including phenoxy) is 1. The molecule has 1 aromatic carbocycles. The number of amides is 1. The minimum absolute atomic E-state index is 0.111. The third-order valence-corrected chi connectivity index (χ3v) is 7.19. The lowest BCUT2D eigenvalue weighted by atomic mass is 10.0. The Balaban J connectivity index is 1.30. The lowest BCUT2D eigenvalue weighted by molar-refractivity contribution is 0.0585. The summed E-state index contributed by atoms with van der Waals surface area (Å²) in [7, 11) is 0. The van der Waals surface area contributed by atoms with E-state index in [-0.39, 0.29) is 36.7 Å². The highest BCUT2D eigenvalue weighted by Gasteiger charge is 2.35. The third-order valence-electron chi connectivity index (χ3n) is 7.19. The summed E-state index contributed by atoms with van der Waals surface area (Å²) in [6.45, 7) is 9.17. The molecule has 0 N–H and O–H groups in total. The zero-order chi connectivity index (χ0) is 26.8. The van der Waals surface area contributed by atoms with Crippen LogP contribution in [0, 0.1) is 33.5 Å². The second kappa shape index (κ2) is 10.9. The molecule has 0 spiro atoms. The maximum absolute atomic E-state index is 13.8. The fourth-order valence-electron chi connectivity index (χ4n) is 4.71. The number of nitrogens with zero attached hydrogens (tertiary/aromatic N) is 6. The smallest absolute Gasteiger partial charge is 0.277 e. The minimum Gasteiger partial charge on any atom is -0.367 e. The number of carbonyl (C=O) groups is 1. The standard InChI is InChI=1S/C27H31FN6O4/c1-16-17(2)30-34(18(16)3)13-22-19(4)37-31-25(22)27(35)33-12-6-5-7-23(33)26-29-24(38-32-26)15-36-14-20-8-10-21(28)11-9-20/h8-11,23H,5-7,12-15H2,1-4H3. The first-order valence-electron chi connectivity index (χ1n) is 12.7. The molecule has 3 aromatic heterocycles. The average Bonchev–Trinajstić information content (AvgIpc) is 3.60. The number of hydrogen-bond acceptors (Lipinski definition) is 8. The van der Waals surface area contributed by atoms with Crippen molar-refractivity contribution in [2.24, 2.45) is 0 Å². The Labute approximate surface area is 219 Å². The van der Waals surface area contributed by atoms with E-state index in [2.05, 4.69) is 20.4 Å². The predicted octanol–water partition coefficient (Wildman–Crippen LogP) is 4.76. The van der Waals surface area contributed by atoms with Gasteiger partial charge in [0.1, 0.15) is 18.2 Å². The van der Waals surface area contributed by atoms with Crippen LogP contribution in [0.1, 0.15) is 81.3 Å². The lowest BCUT2D eigenvalue weighted by Crippen LogP contribution is -2.39. The van der Waals surface area contributed by atoms with E-state index >= 15 is 0 Å². The van der Waals surface area contributed by atoms with Gasteiger partial charge in [-0.1, -0.05) is 22.4 Å². The van der Waals surface area contributed by atoms with Gasteiger partial charge in [0.05, 0.1) is 24.9 Å². The first-order chi connectivity index (χ1) is 18.3. The molecule has 0 bridgehead atoms. The van der Waals surface area contributed by atoms with Crippen LogP contribution in [0.25, 0.3) is 0 Å². The highest BCUT2D eigenvalue weighted by Crippen LogP contribution is 2.32. The molecule has 11 heteroatoms. The van der Waals surface area contributed by atoms with Crippen LogP contribution < -0.4 is 0 Å². The Bertz CT molecular complexity index is 1420. The van der Waals surface area contributed by atoms with Gasteiger partial charge in [-0.15, -0.1) is 0 Å². The van der Waals surface area contributed by atoms with Crippen LogP contribution in [0.5, 0.6) is 0 Å². The summed E-state index contributed by atoms with van der Waals surface area (Å²) in [5.41, 5.74) is 4.95. The fourth-order valence-corrected chi connectivity index (χ4v) is 4.71. The van der Waals surface area contributed by atoms with E-state index in [1.807, 2.05) is 32.4 Å². The van der Waals surface area contributed by atoms with Crippen LogP contribution >= 0.6 is 0 Å². The van der Waals surface area contributed by atoms with Crippen molar-refractivity contribution < 1.29 is 23.0 Å². The van der Waals surface area contributed by atoms with Gasteiger partial charge in [-0.2, -0.15) is 10.1 Å². The largest absolute Gasteiger partial charge is 0.367 e. The van der Waals surface area contributed by atoms with Crippen molar-refractivity contribution in [3.63, 3.8) is 0 Å². The van der Waals surface area contributed by atoms with Crippen molar-refractivity contribution in [1.29, 1.82) is 0 Å². The molecule has 4 heterocycles. The normalized spacial score (nSPS) is 15.8. The van der Waals surface area contributed by atoms with Crippen molar-refractivity contribution in [3.05, 3.63) is 81.3 Å². The molecule has 38 heavy (non-hydrogen) atoms. The molecule has 1 aliphatic rings. The Morgan fingerprint density at radius 2 is 1.87 bits per heavy atom. The van der Waals surface area contributed by atoms with Crippen molar-refractivity contribution in [2.45, 2.75) is 72.8 Å². The zero-order valence-corrected chi connectivity index (χ0v) is 22.0. The molecular formula is C27H31FN6O4. The van der Waals surface area contributed by atoms with E-state index in [4.69, 9.17) is 13.8 Å². The Kier molecular flexibility index (Phi) is 7.37. The molecule has 1 fully saturated rings. The molecule has 200 valence electrons. The summed E-state index contributed by atoms with van der Waals surface area (Å²) in [5.74, 6) is 0.828. The summed E-state index contributed by atoms with van der Waals surface area (Å²) in [6.07, 6.45) is 2.52. The topological polar surface area (TPSA) is 112 Å². The highest BCUT2D eigenvalue weighted by atomic mass is 19.1. The first kappa shape index (κ1) is 25.8. The molecule has 0 radical (unpaired) electrons. The molecule has 1 atom stereocenters. The van der Waals surface area contributed by atoms with E-state index in [1.165, 1.54) is 12.1 Å². The fraction of sp³-hybridized carbons (Fsp3) is 0.444. The van der Waals surface area contributed by atoms with Gasteiger partial charge in [0, 0.05) is 17.8 Å². The quantitative estimate of drug-likeness (QED) is 0.326. The van der Waals surface area contributed by atoms with Gasteiger partial charge in [0.15, 0.2) is 11.5 Å². The van der Waals surface area contributed by atoms with Crippen LogP contribution in [-0.2, 0) is 24.5 Å². The number of carbonyl (C=O) groups excluding carboxylic acids is 1. The molecule has 1 saturated heterocycles. The van der Waals surface area contributed by atoms with E-state index in [0.717, 1.165) is 35.4 Å². The Morgan fingerprint density at radius 1 is 1.08 bits per heavy atom. The van der Waals surface area contributed by atoms with Crippen LogP contribution in [0.2, 0.25) is 0 Å². The second-order valence-electron chi connectivity index (χ2n) is 9.70. The number of aromatic nitrogens is 5. The number of rotatable bonds is 8. The van der Waals surface area contributed by atoms with Gasteiger partial charge < -0.3 is 18.7 Å². The molecule has 10 nitrogen and oxygen atoms in total. The number of aryl methyl sites for hydroxylation is 2. The van der Waals surface area contributed by atoms with Gasteiger partial charge in [-0.3, -0.25) is 9.48 Å². The second-order valence-corrected chi connectivity index (χ2v) is 9.70. The number of benzene rings is 1. The SMILES string of the molecule is Cc1nn(Cc2c(C(=O)N3CCCCC3c3noc(COCc4ccc(F)cc4)n3)noc2C)c(C)c1C. The van der Waals surface area contributed by atoms with Gasteiger partial charge in [-0.05, 0) is 70.2 Å². The Morgan fingerprint density at radius 3 is 2.61 bits per heavy atom. The Hall–Kier alpha value is -3.86. The molecule has 5 rings (SSSR count). The third kappa shape index (κ3) is 5.24. The van der Waals surface area contributed by atoms with Gasteiger partial charge in [0.2, 0.25) is 0 Å². The van der Waals surface area contributed by atoms with E-state index < -0.39 is 0 Å². The summed E-state index contributed by atoms with van der Waals surface area (Å²) in [4.78, 5) is 20.0. The lowest BCUT2D eigenvalue weighted by Gasteiger charge is -2.33. The van der Waals surface area contributed by atoms with Gasteiger partial charge >= 0.3 is 0 Å². The maximum Gasteiger partial charge on any atom is 0.277 e. The molecule has 0 saturated carbocycles. The number of hydrogen-bond donors (Lipinski definition) is 0. The average molecular weight is 523 g/mol. The van der Waals surface area contributed by atoms with E-state index in [9.17, 15) is 9.18 Å². The maximum atomic E-state index is 13.8. The van der Waals surface area contributed by atoms with Crippen molar-refractivity contribution in [2.75, 3.05) is 6.54 Å². The van der Waals surface area contributed by atoms with Crippen molar-refractivity contribution in [3.8, 4) is 0 Å². The summed E-state index contributed by atoms with van der Waals surface area (Å²) in [5, 5.41) is 12.9. The molecule has 1 unspecified atom stereocenters. The summed E-state index contributed by atoms with van der Waals surface area (Å²) in [6, 6.07) is 5.76. The summed E-state index contributed by atoms with van der Waals surface area (Å²) < 4.78 is 31.5. The van der Waals surface area contributed by atoms with Gasteiger partial charge in [-0.25, -0.2) is 4.39 Å². The number of likely N-dealkylation sites (tertiary alicyclic amines) is 1. The first-order valence-corrected chi connectivity index (χ1v) is 12.7. The minimum atomic E-state index is -0.341. The van der Waals surface area contributed by atoms with E-state index in [1.54, 1.807) is 17.0 Å². The predicted molar refractivity (Wildman–Crippen MR) is 134 cm³/mol. The van der Waals surface area contributed by atoms with Crippen LogP contribution in [0.15, 0.2) is 33.3 Å². The molecule has 1 aliphatic heterocycles. The molecular weight excluding hydrogens is 491 g/mol. The van der Waals surface area contributed by atoms with Crippen LogP contribution in [0.4, 0.5) is 4.39 Å².